The summed E-state index contributed by atoms with van der Waals surface area (Å²) in [5, 5.41) is 49.4. The van der Waals surface area contributed by atoms with Gasteiger partial charge in [-0.25, -0.2) is 9.29 Å². The van der Waals surface area contributed by atoms with Crippen molar-refractivity contribution in [3.63, 3.8) is 0 Å². The summed E-state index contributed by atoms with van der Waals surface area (Å²) < 4.78 is 18.8. The van der Waals surface area contributed by atoms with Crippen molar-refractivity contribution in [2.45, 2.75) is 40.5 Å². The molecule has 0 atom stereocenters. The van der Waals surface area contributed by atoms with Crippen LogP contribution in [0.15, 0.2) is 0 Å². The fourth-order valence-corrected chi connectivity index (χ4v) is 2.15. The Morgan fingerprint density at radius 2 is 1.38 bits per heavy atom. The number of nitrogens with zero attached hydrogens (tertiary/aromatic N) is 1. The van der Waals surface area contributed by atoms with E-state index in [-0.39, 0.29) is 31.9 Å². The molecule has 0 spiro atoms. The Balaban J connectivity index is 0.00000123. The minimum atomic E-state index is -2.83. The van der Waals surface area contributed by atoms with Crippen LogP contribution in [0, 0.1) is 12.7 Å². The molecule has 24 heavy (non-hydrogen) atoms. The van der Waals surface area contributed by atoms with Crippen molar-refractivity contribution in [3.05, 3.63) is 16.9 Å². The number of rotatable bonds is 2. The molecule has 0 aromatic heterocycles. The fraction of sp³-hybridized carbons (Fsp3) is 0.625. The van der Waals surface area contributed by atoms with Gasteiger partial charge < -0.3 is 30.3 Å². The monoisotopic (exact) mass is 349 g/mol. The third-order valence-electron chi connectivity index (χ3n) is 3.38. The van der Waals surface area contributed by atoms with Gasteiger partial charge in [0, 0.05) is 18.7 Å². The Hall–Kier alpha value is -1.61. The largest absolute Gasteiger partial charge is 0.504 e. The zero-order valence-electron chi connectivity index (χ0n) is 14.8. The molecule has 2 rings (SSSR count). The molecular formula is C16H28FNO6. The smallest absolute Gasteiger partial charge is 0.261 e. The van der Waals surface area contributed by atoms with Gasteiger partial charge in [-0.1, -0.05) is 27.7 Å². The number of aromatic hydroxyl groups is 3. The average molecular weight is 349 g/mol. The maximum atomic E-state index is 13.7. The number of hydrogen-bond donors (Lipinski definition) is 5. The molecular weight excluding hydrogens is 321 g/mol. The molecule has 5 N–H and O–H groups in total. The van der Waals surface area contributed by atoms with Crippen LogP contribution in [0.3, 0.4) is 0 Å². The second kappa shape index (κ2) is 9.63. The van der Waals surface area contributed by atoms with E-state index in [0.29, 0.717) is 0 Å². The summed E-state index contributed by atoms with van der Waals surface area (Å²) in [4.78, 5) is 1.08. The first-order chi connectivity index (χ1) is 11.3. The Kier molecular flexibility index (Phi) is 8.98. The van der Waals surface area contributed by atoms with Gasteiger partial charge in [0.1, 0.15) is 5.56 Å². The lowest BCUT2D eigenvalue weighted by molar-refractivity contribution is -0.288. The van der Waals surface area contributed by atoms with E-state index >= 15 is 0 Å². The minimum absolute atomic E-state index is 0.0993. The van der Waals surface area contributed by atoms with Gasteiger partial charge in [0.05, 0.1) is 13.2 Å². The van der Waals surface area contributed by atoms with Crippen LogP contribution >= 0.6 is 0 Å². The summed E-state index contributed by atoms with van der Waals surface area (Å²) in [6, 6.07) is 0. The number of phenolic OH excluding ortho intramolecular Hbond substituents is 3. The van der Waals surface area contributed by atoms with E-state index in [1.165, 1.54) is 0 Å². The zero-order valence-corrected chi connectivity index (χ0v) is 14.8. The Bertz CT molecular complexity index is 501. The van der Waals surface area contributed by atoms with Gasteiger partial charge in [-0.3, -0.25) is 0 Å². The molecule has 0 unspecified atom stereocenters. The third-order valence-corrected chi connectivity index (χ3v) is 3.38. The minimum Gasteiger partial charge on any atom is -0.504 e. The standard InChI is InChI=1S/C12H16FNO6.2C2H6/c1-6-8(13)10(16)7(11(17)9(6)15)12(18,19)14-2-4-20-5-3-14;2*1-2/h15-19H,2-5H2,1H3;2*1-2H3. The number of aliphatic hydroxyl groups is 2. The van der Waals surface area contributed by atoms with E-state index in [9.17, 15) is 29.9 Å². The molecule has 0 bridgehead atoms. The number of phenols is 3. The molecule has 1 saturated heterocycles. The molecule has 140 valence electrons. The molecule has 7 nitrogen and oxygen atoms in total. The zero-order chi connectivity index (χ0) is 19.1. The SMILES string of the molecule is CC.CC.Cc1c(O)c(O)c(C(O)(O)N2CCOCC2)c(O)c1F. The number of hydrogen-bond acceptors (Lipinski definition) is 7. The lowest BCUT2D eigenvalue weighted by Crippen LogP contribution is -2.51. The quantitative estimate of drug-likeness (QED) is 0.314. The lowest BCUT2D eigenvalue weighted by Gasteiger charge is -2.38. The van der Waals surface area contributed by atoms with E-state index in [2.05, 4.69) is 0 Å². The normalized spacial score (nSPS) is 15.0. The second-order valence-corrected chi connectivity index (χ2v) is 4.59. The van der Waals surface area contributed by atoms with Crippen molar-refractivity contribution in [3.8, 4) is 17.2 Å². The average Bonchev–Trinajstić information content (AvgIpc) is 2.62. The van der Waals surface area contributed by atoms with Crippen molar-refractivity contribution in [1.82, 2.24) is 4.90 Å². The maximum absolute atomic E-state index is 13.7. The molecule has 0 saturated carbocycles. The summed E-state index contributed by atoms with van der Waals surface area (Å²) in [5.41, 5.74) is -1.28. The molecule has 1 aromatic rings. The van der Waals surface area contributed by atoms with Crippen molar-refractivity contribution >= 4 is 0 Å². The van der Waals surface area contributed by atoms with Crippen LogP contribution in [-0.4, -0.2) is 56.7 Å². The lowest BCUT2D eigenvalue weighted by atomic mass is 10.0. The van der Waals surface area contributed by atoms with E-state index in [4.69, 9.17) is 4.74 Å². The summed E-state index contributed by atoms with van der Waals surface area (Å²) in [6.45, 7) is 9.76. The predicted octanol–water partition coefficient (Wildman–Crippen LogP) is 1.73. The predicted molar refractivity (Wildman–Crippen MR) is 87.3 cm³/mol. The third kappa shape index (κ3) is 4.27. The number of morpholine rings is 1. The first-order valence-corrected chi connectivity index (χ1v) is 7.99. The highest BCUT2D eigenvalue weighted by atomic mass is 19.1. The molecule has 0 amide bonds. The topological polar surface area (TPSA) is 114 Å². The Morgan fingerprint density at radius 1 is 0.917 bits per heavy atom. The van der Waals surface area contributed by atoms with Gasteiger partial charge in [0.15, 0.2) is 23.1 Å². The van der Waals surface area contributed by atoms with Gasteiger partial charge in [-0.05, 0) is 6.92 Å². The first-order valence-electron chi connectivity index (χ1n) is 7.99. The highest BCUT2D eigenvalue weighted by Gasteiger charge is 2.42. The van der Waals surface area contributed by atoms with Crippen molar-refractivity contribution in [2.75, 3.05) is 26.3 Å². The number of benzene rings is 1. The van der Waals surface area contributed by atoms with Gasteiger partial charge >= 0.3 is 0 Å². The molecule has 1 heterocycles. The van der Waals surface area contributed by atoms with E-state index in [1.807, 2.05) is 27.7 Å². The molecule has 0 aliphatic carbocycles. The summed E-state index contributed by atoms with van der Waals surface area (Å²) in [7, 11) is 0. The van der Waals surface area contributed by atoms with Gasteiger partial charge in [-0.15, -0.1) is 0 Å². The summed E-state index contributed by atoms with van der Waals surface area (Å²) >= 11 is 0. The molecule has 1 aliphatic heterocycles. The van der Waals surface area contributed by atoms with Crippen molar-refractivity contribution in [2.24, 2.45) is 0 Å². The van der Waals surface area contributed by atoms with E-state index in [1.54, 1.807) is 0 Å². The fourth-order valence-electron chi connectivity index (χ4n) is 2.15. The van der Waals surface area contributed by atoms with Crippen LogP contribution < -0.4 is 0 Å². The molecule has 1 fully saturated rings. The van der Waals surface area contributed by atoms with E-state index < -0.39 is 34.5 Å². The van der Waals surface area contributed by atoms with Crippen LogP contribution in [0.5, 0.6) is 17.2 Å². The molecule has 0 radical (unpaired) electrons. The Labute approximate surface area is 141 Å². The summed E-state index contributed by atoms with van der Waals surface area (Å²) in [5.74, 6) is -7.00. The highest BCUT2D eigenvalue weighted by Crippen LogP contribution is 2.46. The van der Waals surface area contributed by atoms with Crippen LogP contribution in [0.4, 0.5) is 4.39 Å². The van der Waals surface area contributed by atoms with Gasteiger partial charge in [0.25, 0.3) is 5.91 Å². The second-order valence-electron chi connectivity index (χ2n) is 4.59. The van der Waals surface area contributed by atoms with Crippen LogP contribution in [-0.2, 0) is 10.6 Å². The van der Waals surface area contributed by atoms with Crippen molar-refractivity contribution in [1.29, 1.82) is 0 Å². The molecule has 1 aliphatic rings. The van der Waals surface area contributed by atoms with Crippen molar-refractivity contribution < 1.29 is 34.7 Å². The molecule has 8 heteroatoms. The van der Waals surface area contributed by atoms with Gasteiger partial charge in [-0.2, -0.15) is 0 Å². The Morgan fingerprint density at radius 3 is 1.83 bits per heavy atom. The number of ether oxygens (including phenoxy) is 1. The van der Waals surface area contributed by atoms with Crippen LogP contribution in [0.25, 0.3) is 0 Å². The first kappa shape index (κ1) is 22.4. The number of halogens is 1. The highest BCUT2D eigenvalue weighted by molar-refractivity contribution is 5.58. The molecule has 1 aromatic carbocycles. The van der Waals surface area contributed by atoms with Gasteiger partial charge in [0.2, 0.25) is 0 Å². The van der Waals surface area contributed by atoms with Crippen LogP contribution in [0.1, 0.15) is 38.8 Å². The summed E-state index contributed by atoms with van der Waals surface area (Å²) in [6.07, 6.45) is 0. The van der Waals surface area contributed by atoms with E-state index in [0.717, 1.165) is 11.8 Å². The van der Waals surface area contributed by atoms with Crippen LogP contribution in [0.2, 0.25) is 0 Å². The maximum Gasteiger partial charge on any atom is 0.261 e.